The second kappa shape index (κ2) is 8.21. The number of carbonyl (C=O) groups excluding carboxylic acids is 1. The molecule has 116 valence electrons. The minimum atomic E-state index is -0.418. The molecule has 0 saturated carbocycles. The van der Waals surface area contributed by atoms with Crippen LogP contribution in [-0.2, 0) is 4.79 Å². The quantitative estimate of drug-likeness (QED) is 0.573. The average Bonchev–Trinajstić information content (AvgIpc) is 2.52. The van der Waals surface area contributed by atoms with Crippen molar-refractivity contribution in [1.82, 2.24) is 0 Å². The zero-order chi connectivity index (χ0) is 16.1. The maximum absolute atomic E-state index is 12.8. The van der Waals surface area contributed by atoms with Gasteiger partial charge in [0.2, 0.25) is 0 Å². The Bertz CT molecular complexity index is 567. The van der Waals surface area contributed by atoms with Crippen LogP contribution in [0, 0.1) is 0 Å². The van der Waals surface area contributed by atoms with Gasteiger partial charge in [0.05, 0.1) is 11.8 Å². The summed E-state index contributed by atoms with van der Waals surface area (Å²) in [5.41, 5.74) is 1.68. The van der Waals surface area contributed by atoms with E-state index in [9.17, 15) is 4.79 Å². The van der Waals surface area contributed by atoms with Crippen molar-refractivity contribution in [2.45, 2.75) is 11.8 Å². The second-order valence-electron chi connectivity index (χ2n) is 4.92. The lowest BCUT2D eigenvalue weighted by Gasteiger charge is -2.20. The lowest BCUT2D eigenvalue weighted by Crippen LogP contribution is -2.23. The fourth-order valence-electron chi connectivity index (χ4n) is 2.29. The normalized spacial score (nSPS) is 13.6. The molecule has 0 amide bonds. The summed E-state index contributed by atoms with van der Waals surface area (Å²) in [6.45, 7) is 0. The number of Topliss-reactive ketones (excluding diaryl/α,β-unsaturated/α-hetero) is 1. The standard InChI is InChI=1S/C17H14Cl4O/c18-9-15(11-1-5-13(20)6-2-11)17(22)16(10-19)12-3-7-14(21)8-4-12/h1-8,15-16H,9-10H2. The van der Waals surface area contributed by atoms with Crippen molar-refractivity contribution in [2.24, 2.45) is 0 Å². The molecule has 0 saturated heterocycles. The molecule has 2 unspecified atom stereocenters. The Morgan fingerprint density at radius 2 is 1.05 bits per heavy atom. The van der Waals surface area contributed by atoms with Crippen LogP contribution < -0.4 is 0 Å². The highest BCUT2D eigenvalue weighted by atomic mass is 35.5. The van der Waals surface area contributed by atoms with E-state index in [4.69, 9.17) is 46.4 Å². The molecular formula is C17H14Cl4O. The van der Waals surface area contributed by atoms with E-state index in [-0.39, 0.29) is 17.5 Å². The largest absolute Gasteiger partial charge is 0.298 e. The summed E-state index contributed by atoms with van der Waals surface area (Å²) in [7, 11) is 0. The predicted octanol–water partition coefficient (Wildman–Crippen LogP) is 5.91. The van der Waals surface area contributed by atoms with Gasteiger partial charge in [-0.3, -0.25) is 4.79 Å². The minimum Gasteiger partial charge on any atom is -0.298 e. The number of halogens is 4. The van der Waals surface area contributed by atoms with Crippen molar-refractivity contribution in [2.75, 3.05) is 11.8 Å². The van der Waals surface area contributed by atoms with Gasteiger partial charge in [0, 0.05) is 21.8 Å². The van der Waals surface area contributed by atoms with Crippen molar-refractivity contribution >= 4 is 52.2 Å². The van der Waals surface area contributed by atoms with E-state index in [0.29, 0.717) is 10.0 Å². The number of alkyl halides is 2. The number of carbonyl (C=O) groups is 1. The van der Waals surface area contributed by atoms with Crippen LogP contribution >= 0.6 is 46.4 Å². The molecule has 2 aromatic carbocycles. The van der Waals surface area contributed by atoms with Crippen molar-refractivity contribution in [3.05, 3.63) is 69.7 Å². The second-order valence-corrected chi connectivity index (χ2v) is 6.41. The Labute approximate surface area is 150 Å². The van der Waals surface area contributed by atoms with Crippen LogP contribution in [0.4, 0.5) is 0 Å². The molecule has 0 bridgehead atoms. The van der Waals surface area contributed by atoms with Crippen molar-refractivity contribution in [3.8, 4) is 0 Å². The first kappa shape index (κ1) is 17.6. The van der Waals surface area contributed by atoms with Crippen molar-refractivity contribution < 1.29 is 4.79 Å². The summed E-state index contributed by atoms with van der Waals surface area (Å²) in [6.07, 6.45) is 0. The molecule has 5 heteroatoms. The van der Waals surface area contributed by atoms with E-state index < -0.39 is 11.8 Å². The molecule has 0 aliphatic heterocycles. The van der Waals surface area contributed by atoms with Crippen molar-refractivity contribution in [1.29, 1.82) is 0 Å². The zero-order valence-electron chi connectivity index (χ0n) is 11.6. The van der Waals surface area contributed by atoms with Gasteiger partial charge in [-0.1, -0.05) is 47.5 Å². The Kier molecular flexibility index (Phi) is 6.58. The molecule has 0 N–H and O–H groups in total. The van der Waals surface area contributed by atoms with E-state index >= 15 is 0 Å². The van der Waals surface area contributed by atoms with Crippen LogP contribution in [0.15, 0.2) is 48.5 Å². The highest BCUT2D eigenvalue weighted by Crippen LogP contribution is 2.30. The summed E-state index contributed by atoms with van der Waals surface area (Å²) in [6, 6.07) is 14.3. The fraction of sp³-hybridized carbons (Fsp3) is 0.235. The van der Waals surface area contributed by atoms with Gasteiger partial charge >= 0.3 is 0 Å². The third-order valence-electron chi connectivity index (χ3n) is 3.54. The highest BCUT2D eigenvalue weighted by molar-refractivity contribution is 6.31. The van der Waals surface area contributed by atoms with Crippen LogP contribution in [-0.4, -0.2) is 17.5 Å². The third-order valence-corrected chi connectivity index (χ3v) is 4.66. The summed E-state index contributed by atoms with van der Waals surface area (Å²) in [5, 5.41) is 1.24. The highest BCUT2D eigenvalue weighted by Gasteiger charge is 2.28. The molecule has 0 aliphatic rings. The van der Waals surface area contributed by atoms with Gasteiger partial charge in [-0.15, -0.1) is 23.2 Å². The molecule has 22 heavy (non-hydrogen) atoms. The van der Waals surface area contributed by atoms with Gasteiger partial charge in [0.1, 0.15) is 5.78 Å². The summed E-state index contributed by atoms with van der Waals surface area (Å²) < 4.78 is 0. The predicted molar refractivity (Wildman–Crippen MR) is 94.8 cm³/mol. The number of ketones is 1. The molecule has 0 fully saturated rings. The lowest BCUT2D eigenvalue weighted by atomic mass is 9.85. The molecule has 2 rings (SSSR count). The minimum absolute atomic E-state index is 0.00496. The summed E-state index contributed by atoms with van der Waals surface area (Å²) in [4.78, 5) is 12.8. The fourth-order valence-corrected chi connectivity index (χ4v) is 3.20. The average molecular weight is 376 g/mol. The van der Waals surface area contributed by atoms with Crippen molar-refractivity contribution in [3.63, 3.8) is 0 Å². The molecular weight excluding hydrogens is 362 g/mol. The Balaban J connectivity index is 2.29. The Morgan fingerprint density at radius 3 is 1.32 bits per heavy atom. The summed E-state index contributed by atoms with van der Waals surface area (Å²) in [5.74, 6) is -0.450. The molecule has 2 aromatic rings. The molecule has 1 nitrogen and oxygen atoms in total. The molecule has 0 spiro atoms. The first-order valence-electron chi connectivity index (χ1n) is 6.73. The Morgan fingerprint density at radius 1 is 0.727 bits per heavy atom. The first-order chi connectivity index (χ1) is 10.6. The first-order valence-corrected chi connectivity index (χ1v) is 8.56. The van der Waals surface area contributed by atoms with Gasteiger partial charge in [0.25, 0.3) is 0 Å². The third kappa shape index (κ3) is 4.17. The van der Waals surface area contributed by atoms with E-state index in [1.54, 1.807) is 24.3 Å². The molecule has 0 radical (unpaired) electrons. The molecule has 0 aliphatic carbocycles. The van der Waals surface area contributed by atoms with E-state index in [0.717, 1.165) is 11.1 Å². The van der Waals surface area contributed by atoms with Crippen LogP contribution in [0.25, 0.3) is 0 Å². The van der Waals surface area contributed by atoms with Gasteiger partial charge in [0.15, 0.2) is 0 Å². The van der Waals surface area contributed by atoms with Crippen LogP contribution in [0.2, 0.25) is 10.0 Å². The number of benzene rings is 2. The lowest BCUT2D eigenvalue weighted by molar-refractivity contribution is -0.121. The SMILES string of the molecule is O=C(C(CCl)c1ccc(Cl)cc1)C(CCl)c1ccc(Cl)cc1. The van der Waals surface area contributed by atoms with Crippen LogP contribution in [0.1, 0.15) is 23.0 Å². The maximum atomic E-state index is 12.8. The smallest absolute Gasteiger partial charge is 0.150 e. The number of rotatable bonds is 6. The van der Waals surface area contributed by atoms with Gasteiger partial charge < -0.3 is 0 Å². The number of hydrogen-bond donors (Lipinski definition) is 0. The summed E-state index contributed by atoms with van der Waals surface area (Å²) >= 11 is 23.8. The van der Waals surface area contributed by atoms with Gasteiger partial charge in [-0.05, 0) is 35.4 Å². The van der Waals surface area contributed by atoms with Crippen LogP contribution in [0.3, 0.4) is 0 Å². The van der Waals surface area contributed by atoms with Crippen LogP contribution in [0.5, 0.6) is 0 Å². The number of hydrogen-bond acceptors (Lipinski definition) is 1. The van der Waals surface area contributed by atoms with E-state index in [1.807, 2.05) is 24.3 Å². The van der Waals surface area contributed by atoms with E-state index in [2.05, 4.69) is 0 Å². The maximum Gasteiger partial charge on any atom is 0.150 e. The Hall–Kier alpha value is -0.730. The zero-order valence-corrected chi connectivity index (χ0v) is 14.6. The monoisotopic (exact) mass is 374 g/mol. The topological polar surface area (TPSA) is 17.1 Å². The molecule has 0 aromatic heterocycles. The van der Waals surface area contributed by atoms with Gasteiger partial charge in [-0.2, -0.15) is 0 Å². The molecule has 0 heterocycles. The van der Waals surface area contributed by atoms with Gasteiger partial charge in [-0.25, -0.2) is 0 Å². The molecule has 2 atom stereocenters. The van der Waals surface area contributed by atoms with E-state index in [1.165, 1.54) is 0 Å².